The van der Waals surface area contributed by atoms with Crippen LogP contribution in [0.15, 0.2) is 446 Å². The highest BCUT2D eigenvalue weighted by molar-refractivity contribution is 14.1. The third kappa shape index (κ3) is 14.0. The third-order valence-corrected chi connectivity index (χ3v) is 23.5. The minimum Gasteiger partial charge on any atom is -0.455 e. The van der Waals surface area contributed by atoms with E-state index in [0.717, 1.165) is 99.5 Å². The average Bonchev–Trinajstić information content (AvgIpc) is 1.20. The smallest absolute Gasteiger partial charge is 0.455 e. The van der Waals surface area contributed by atoms with E-state index in [-0.39, 0.29) is 0 Å². The molecule has 0 amide bonds. The molecule has 0 aliphatic rings. The quantitative estimate of drug-likeness (QED) is 0.0727. The summed E-state index contributed by atoms with van der Waals surface area (Å²) in [6, 6.07) is 154. The van der Waals surface area contributed by atoms with Gasteiger partial charge in [0.05, 0.1) is 0 Å². The molecule has 2 heterocycles. The Balaban J connectivity index is 0.000000124. The Hall–Kier alpha value is -14.2. The van der Waals surface area contributed by atoms with E-state index in [4.69, 9.17) is 8.83 Å². The lowest BCUT2D eigenvalue weighted by Gasteiger charge is -2.19. The monoisotopic (exact) mass is 1620 g/mol. The van der Waals surface area contributed by atoms with Crippen molar-refractivity contribution in [3.05, 3.63) is 440 Å². The van der Waals surface area contributed by atoms with Crippen molar-refractivity contribution in [2.45, 2.75) is 0 Å². The van der Waals surface area contributed by atoms with Crippen molar-refractivity contribution in [2.24, 2.45) is 0 Å². The maximum Gasteiger partial charge on any atom is 0.488 e. The van der Waals surface area contributed by atoms with Gasteiger partial charge in [-0.25, -0.2) is 0 Å². The minimum absolute atomic E-state index is 0.443. The van der Waals surface area contributed by atoms with Gasteiger partial charge in [0.2, 0.25) is 0 Å². The summed E-state index contributed by atoms with van der Waals surface area (Å²) >= 11 is 2.41. The van der Waals surface area contributed by atoms with Crippen LogP contribution in [0.5, 0.6) is 0 Å². The molecule has 0 bridgehead atoms. The lowest BCUT2D eigenvalue weighted by Crippen LogP contribution is -2.29. The Kier molecular flexibility index (Phi) is 19.6. The summed E-state index contributed by atoms with van der Waals surface area (Å²) in [5.41, 5.74) is 29.4. The first-order valence-electron chi connectivity index (χ1n) is 39.9. The molecule has 0 fully saturated rings. The van der Waals surface area contributed by atoms with E-state index in [2.05, 4.69) is 393 Å². The fraction of sp³-hybridized carbons (Fsp3) is 0. The van der Waals surface area contributed by atoms with Crippen LogP contribution in [-0.4, -0.2) is 17.2 Å². The molecule has 0 aliphatic heterocycles. The Morgan fingerprint density at radius 3 is 0.847 bits per heavy atom. The minimum atomic E-state index is -1.53. The number of halogens is 1. The molecule has 118 heavy (non-hydrogen) atoms. The highest BCUT2D eigenvalue weighted by Crippen LogP contribution is 2.49. The zero-order chi connectivity index (χ0) is 79.0. The van der Waals surface area contributed by atoms with Crippen LogP contribution in [0.25, 0.3) is 209 Å². The fourth-order valence-corrected chi connectivity index (χ4v) is 17.8. The van der Waals surface area contributed by atoms with Crippen LogP contribution in [0.4, 0.5) is 0 Å². The number of hydrogen-bond donors (Lipinski definition) is 2. The van der Waals surface area contributed by atoms with Crippen LogP contribution in [0.1, 0.15) is 0 Å². The van der Waals surface area contributed by atoms with Gasteiger partial charge < -0.3 is 18.9 Å². The van der Waals surface area contributed by atoms with Crippen LogP contribution >= 0.6 is 22.6 Å². The van der Waals surface area contributed by atoms with E-state index in [0.29, 0.717) is 5.46 Å². The lowest BCUT2D eigenvalue weighted by atomic mass is 9.79. The molecular weight excluding hydrogens is 1550 g/mol. The summed E-state index contributed by atoms with van der Waals surface area (Å²) in [5.74, 6) is 0. The van der Waals surface area contributed by atoms with E-state index in [9.17, 15) is 10.0 Å². The number of rotatable bonds is 12. The van der Waals surface area contributed by atoms with Crippen LogP contribution < -0.4 is 5.46 Å². The molecule has 0 saturated heterocycles. The normalized spacial score (nSPS) is 11.3. The summed E-state index contributed by atoms with van der Waals surface area (Å²) in [5, 5.41) is 34.0. The molecule has 556 valence electrons. The second kappa shape index (κ2) is 31.9. The molecule has 0 aliphatic carbocycles. The van der Waals surface area contributed by atoms with Gasteiger partial charge in [-0.1, -0.05) is 364 Å². The molecular formula is C112H74BIO4. The number of hydrogen-bond acceptors (Lipinski definition) is 4. The van der Waals surface area contributed by atoms with Crippen molar-refractivity contribution in [1.29, 1.82) is 0 Å². The highest BCUT2D eigenvalue weighted by Gasteiger charge is 2.24. The van der Waals surface area contributed by atoms with Gasteiger partial charge in [0.15, 0.2) is 0 Å². The first kappa shape index (κ1) is 72.7. The van der Waals surface area contributed by atoms with E-state index >= 15 is 0 Å². The van der Waals surface area contributed by atoms with Crippen LogP contribution in [0, 0.1) is 3.57 Å². The van der Waals surface area contributed by atoms with E-state index < -0.39 is 7.12 Å². The molecule has 20 aromatic carbocycles. The van der Waals surface area contributed by atoms with Crippen LogP contribution in [-0.2, 0) is 0 Å². The molecule has 0 atom stereocenters. The predicted molar refractivity (Wildman–Crippen MR) is 506 cm³/mol. The highest BCUT2D eigenvalue weighted by atomic mass is 127. The number of fused-ring (bicyclic) bond motifs is 10. The standard InChI is InChI=1S/C56H36O.C30H21BO3.C26H17I/c1-5-16-37(17-6-1)42-29-31-53-50(33-42)52-36-45(38-18-7-2-8-19-38)35-49(56(52)57-53)44-25-15-24-41(32-44)43-28-30-48-51(34-43)55(40-22-11-4-12-23-40)47-27-14-13-26-46(47)54(48)39-20-9-3-10-21-39;32-31(33)25-13-7-12-23(16-25)26-18-24(21-10-5-2-6-11-21)19-28-27-17-22(20-8-3-1-4-9-20)14-15-29(27)34-30(26)28;27-20-15-16-23-24(17-20)26(19-11-5-2-6-12-19)22-14-8-7-13-21(22)25(23)18-9-3-1-4-10-18/h1-36H;1-19,32-33H;1-17H. The second-order valence-corrected chi connectivity index (χ2v) is 31.2. The number of furan rings is 2. The maximum atomic E-state index is 9.73. The maximum absolute atomic E-state index is 9.73. The summed E-state index contributed by atoms with van der Waals surface area (Å²) in [6.07, 6.45) is 0. The largest absolute Gasteiger partial charge is 0.488 e. The summed E-state index contributed by atoms with van der Waals surface area (Å²) in [7, 11) is -1.53. The molecule has 22 rings (SSSR count). The average molecular weight is 1620 g/mol. The summed E-state index contributed by atoms with van der Waals surface area (Å²) < 4.78 is 14.4. The topological polar surface area (TPSA) is 66.7 Å². The van der Waals surface area contributed by atoms with Crippen molar-refractivity contribution in [3.8, 4) is 122 Å². The SMILES string of the molecule is Ic1ccc2c(-c3ccccc3)c3ccccc3c(-c3ccccc3)c2c1.OB(O)c1cccc(-c2cc(-c3ccccc3)cc3c2oc2ccc(-c4ccccc4)cc23)c1.c1ccc(-c2ccc3oc4c(-c5cccc(-c6ccc7c(-c8ccccc8)c8ccccc8c(-c8ccccc8)c7c6)c5)cc(-c5ccccc5)cc4c3c2)cc1. The zero-order valence-electron chi connectivity index (χ0n) is 64.2. The Morgan fingerprint density at radius 1 is 0.178 bits per heavy atom. The van der Waals surface area contributed by atoms with Crippen molar-refractivity contribution in [3.63, 3.8) is 0 Å². The second-order valence-electron chi connectivity index (χ2n) is 30.0. The van der Waals surface area contributed by atoms with Gasteiger partial charge in [0.1, 0.15) is 22.3 Å². The van der Waals surface area contributed by atoms with E-state index in [1.807, 2.05) is 54.6 Å². The molecule has 0 spiro atoms. The Morgan fingerprint density at radius 2 is 0.449 bits per heavy atom. The molecule has 0 radical (unpaired) electrons. The first-order valence-corrected chi connectivity index (χ1v) is 41.0. The van der Waals surface area contributed by atoms with Gasteiger partial charge >= 0.3 is 7.12 Å². The van der Waals surface area contributed by atoms with Crippen molar-refractivity contribution >= 4 is 122 Å². The van der Waals surface area contributed by atoms with Gasteiger partial charge in [0, 0.05) is 36.2 Å². The fourth-order valence-electron chi connectivity index (χ4n) is 17.3. The number of benzene rings is 20. The Bertz CT molecular complexity index is 7480. The van der Waals surface area contributed by atoms with E-state index in [1.54, 1.807) is 12.1 Å². The molecule has 22 aromatic rings. The van der Waals surface area contributed by atoms with Gasteiger partial charge in [-0.15, -0.1) is 0 Å². The first-order chi connectivity index (χ1) is 58.3. The van der Waals surface area contributed by atoms with Crippen molar-refractivity contribution in [2.75, 3.05) is 0 Å². The summed E-state index contributed by atoms with van der Waals surface area (Å²) in [6.45, 7) is 0. The van der Waals surface area contributed by atoms with Gasteiger partial charge in [-0.3, -0.25) is 0 Å². The van der Waals surface area contributed by atoms with E-state index in [1.165, 1.54) is 113 Å². The molecule has 4 nitrogen and oxygen atoms in total. The van der Waals surface area contributed by atoms with Crippen molar-refractivity contribution in [1.82, 2.24) is 0 Å². The molecule has 2 aromatic heterocycles. The van der Waals surface area contributed by atoms with Crippen molar-refractivity contribution < 1.29 is 18.9 Å². The van der Waals surface area contributed by atoms with Crippen LogP contribution in [0.3, 0.4) is 0 Å². The zero-order valence-corrected chi connectivity index (χ0v) is 66.4. The lowest BCUT2D eigenvalue weighted by molar-refractivity contribution is 0.426. The summed E-state index contributed by atoms with van der Waals surface area (Å²) in [4.78, 5) is 0. The van der Waals surface area contributed by atoms with Crippen LogP contribution in [0.2, 0.25) is 0 Å². The van der Waals surface area contributed by atoms with Gasteiger partial charge in [0.25, 0.3) is 0 Å². The predicted octanol–water partition coefficient (Wildman–Crippen LogP) is 30.1. The molecule has 0 unspecified atom stereocenters. The Labute approximate surface area is 698 Å². The molecule has 0 saturated carbocycles. The van der Waals surface area contributed by atoms with Gasteiger partial charge in [-0.2, -0.15) is 0 Å². The third-order valence-electron chi connectivity index (χ3n) is 22.8. The molecule has 2 N–H and O–H groups in total. The molecule has 6 heteroatoms. The van der Waals surface area contributed by atoms with Gasteiger partial charge in [-0.05, 0) is 255 Å².